The number of carboxylic acid groups (broad SMARTS) is 2. The van der Waals surface area contributed by atoms with Crippen LogP contribution >= 0.6 is 12.6 Å². The molecule has 2 aromatic rings. The van der Waals surface area contributed by atoms with Crippen molar-refractivity contribution >= 4 is 42.3 Å². The second-order valence-corrected chi connectivity index (χ2v) is 8.58. The van der Waals surface area contributed by atoms with Gasteiger partial charge in [-0.3, -0.25) is 19.2 Å². The van der Waals surface area contributed by atoms with Gasteiger partial charge in [0.15, 0.2) is 0 Å². The van der Waals surface area contributed by atoms with Gasteiger partial charge >= 0.3 is 11.9 Å². The molecule has 0 saturated carbocycles. The summed E-state index contributed by atoms with van der Waals surface area (Å²) in [5, 5.41) is 25.6. The summed E-state index contributed by atoms with van der Waals surface area (Å²) in [7, 11) is 0. The number of hydrogen-bond acceptors (Lipinski definition) is 8. The predicted molar refractivity (Wildman–Crippen MR) is 135 cm³/mol. The molecule has 8 N–H and O–H groups in total. The Kier molecular flexibility index (Phi) is 11.6. The molecule has 200 valence electrons. The van der Waals surface area contributed by atoms with Crippen LogP contribution in [0.1, 0.15) is 24.1 Å². The molecule has 0 aliphatic carbocycles. The number of nitrogens with zero attached hydrogens (tertiary/aromatic N) is 1. The number of amides is 3. The highest BCUT2D eigenvalue weighted by atomic mass is 32.1. The Morgan fingerprint density at radius 3 is 2.05 bits per heavy atom. The van der Waals surface area contributed by atoms with Crippen LogP contribution in [0.15, 0.2) is 42.9 Å². The van der Waals surface area contributed by atoms with E-state index in [1.165, 1.54) is 12.5 Å². The lowest BCUT2D eigenvalue weighted by Crippen LogP contribution is -2.58. The molecule has 0 radical (unpaired) electrons. The molecule has 1 aromatic heterocycles. The molecule has 0 aliphatic heterocycles. The lowest BCUT2D eigenvalue weighted by Gasteiger charge is -2.25. The highest BCUT2D eigenvalue weighted by Gasteiger charge is 2.30. The highest BCUT2D eigenvalue weighted by molar-refractivity contribution is 7.80. The number of nitrogens with one attached hydrogen (secondary N) is 4. The van der Waals surface area contributed by atoms with Crippen molar-refractivity contribution < 1.29 is 34.2 Å². The fourth-order valence-electron chi connectivity index (χ4n) is 3.30. The van der Waals surface area contributed by atoms with Gasteiger partial charge in [-0.05, 0) is 12.0 Å². The van der Waals surface area contributed by atoms with Crippen molar-refractivity contribution in [2.45, 2.75) is 49.9 Å². The van der Waals surface area contributed by atoms with Crippen LogP contribution < -0.4 is 21.7 Å². The topological polar surface area (TPSA) is 217 Å². The number of aliphatic carboxylic acids is 2. The normalized spacial score (nSPS) is 14.0. The Morgan fingerprint density at radius 1 is 0.919 bits per heavy atom. The van der Waals surface area contributed by atoms with Gasteiger partial charge in [0.25, 0.3) is 0 Å². The van der Waals surface area contributed by atoms with Crippen LogP contribution in [0.3, 0.4) is 0 Å². The molecule has 0 bridgehead atoms. The van der Waals surface area contributed by atoms with E-state index in [4.69, 9.17) is 10.8 Å². The molecule has 0 aliphatic rings. The standard InChI is InChI=1S/C23H30N6O7S/c24-15(6-7-19(30)31)20(32)27-17(9-14-10-25-12-26-14)22(34)28-16(8-13-4-2-1-3-5-13)21(33)29-18(11-37)23(35)36/h1-5,10,12,15-18,37H,6-9,11,24H2,(H,25,26)(H,27,32)(H,28,34)(H,29,33)(H,30,31)(H,35,36). The minimum absolute atomic E-state index is 0.0305. The SMILES string of the molecule is NC(CCC(=O)O)C(=O)NC(Cc1cnc[nH]1)C(=O)NC(Cc1ccccc1)C(=O)NC(CS)C(=O)O. The summed E-state index contributed by atoms with van der Waals surface area (Å²) < 4.78 is 0. The molecular formula is C23H30N6O7S. The Bertz CT molecular complexity index is 1070. The monoisotopic (exact) mass is 534 g/mol. The van der Waals surface area contributed by atoms with Crippen molar-refractivity contribution in [2.24, 2.45) is 5.73 Å². The first-order chi connectivity index (χ1) is 17.6. The summed E-state index contributed by atoms with van der Waals surface area (Å²) in [5.74, 6) is -4.80. The second-order valence-electron chi connectivity index (χ2n) is 8.21. The molecule has 13 nitrogen and oxygen atoms in total. The number of hydrogen-bond donors (Lipinski definition) is 8. The number of rotatable bonds is 15. The quantitative estimate of drug-likeness (QED) is 0.129. The van der Waals surface area contributed by atoms with Gasteiger partial charge in [0, 0.05) is 36.9 Å². The highest BCUT2D eigenvalue weighted by Crippen LogP contribution is 2.07. The molecule has 14 heteroatoms. The lowest BCUT2D eigenvalue weighted by atomic mass is 10.0. The molecule has 0 fully saturated rings. The van der Waals surface area contributed by atoms with Gasteiger partial charge in [0.05, 0.1) is 12.4 Å². The van der Waals surface area contributed by atoms with E-state index in [-0.39, 0.29) is 31.4 Å². The molecule has 4 unspecified atom stereocenters. The summed E-state index contributed by atoms with van der Waals surface area (Å²) in [5.41, 5.74) is 6.99. The van der Waals surface area contributed by atoms with Gasteiger partial charge < -0.3 is 36.9 Å². The van der Waals surface area contributed by atoms with E-state index < -0.39 is 53.8 Å². The molecular weight excluding hydrogens is 504 g/mol. The van der Waals surface area contributed by atoms with Crippen molar-refractivity contribution in [3.8, 4) is 0 Å². The third kappa shape index (κ3) is 9.93. The molecule has 37 heavy (non-hydrogen) atoms. The Labute approximate surface area is 218 Å². The number of H-pyrrole nitrogens is 1. The van der Waals surface area contributed by atoms with Gasteiger partial charge in [-0.15, -0.1) is 0 Å². The molecule has 0 spiro atoms. The second kappa shape index (κ2) is 14.6. The first-order valence-electron chi connectivity index (χ1n) is 11.3. The zero-order valence-corrected chi connectivity index (χ0v) is 20.7. The van der Waals surface area contributed by atoms with Crippen LogP contribution in [-0.2, 0) is 36.8 Å². The molecule has 3 amide bonds. The first kappa shape index (κ1) is 29.3. The van der Waals surface area contributed by atoms with Crippen LogP contribution in [0.25, 0.3) is 0 Å². The molecule has 2 rings (SSSR count). The number of carboxylic acids is 2. The van der Waals surface area contributed by atoms with E-state index in [1.54, 1.807) is 30.3 Å². The fraction of sp³-hybridized carbons (Fsp3) is 0.391. The maximum atomic E-state index is 13.3. The van der Waals surface area contributed by atoms with Crippen molar-refractivity contribution in [1.29, 1.82) is 0 Å². The van der Waals surface area contributed by atoms with Crippen LogP contribution in [-0.4, -0.2) is 79.8 Å². The van der Waals surface area contributed by atoms with E-state index in [2.05, 4.69) is 38.5 Å². The fourth-order valence-corrected chi connectivity index (χ4v) is 3.55. The number of thiol groups is 1. The molecule has 1 heterocycles. The van der Waals surface area contributed by atoms with E-state index in [0.717, 1.165) is 0 Å². The van der Waals surface area contributed by atoms with E-state index in [9.17, 15) is 29.1 Å². The molecule has 1 aromatic carbocycles. The van der Waals surface area contributed by atoms with Gasteiger partial charge in [-0.2, -0.15) is 12.6 Å². The number of aromatic nitrogens is 2. The van der Waals surface area contributed by atoms with Gasteiger partial charge in [0.1, 0.15) is 18.1 Å². The number of benzene rings is 1. The summed E-state index contributed by atoms with van der Waals surface area (Å²) in [6, 6.07) is 3.92. The zero-order chi connectivity index (χ0) is 27.4. The third-order valence-electron chi connectivity index (χ3n) is 5.33. The van der Waals surface area contributed by atoms with Crippen molar-refractivity contribution in [1.82, 2.24) is 25.9 Å². The van der Waals surface area contributed by atoms with E-state index in [0.29, 0.717) is 11.3 Å². The van der Waals surface area contributed by atoms with Crippen LogP contribution in [0.5, 0.6) is 0 Å². The summed E-state index contributed by atoms with van der Waals surface area (Å²) in [4.78, 5) is 67.7. The number of aromatic amines is 1. The Balaban J connectivity index is 2.23. The summed E-state index contributed by atoms with van der Waals surface area (Å²) >= 11 is 3.95. The number of imidazole rings is 1. The number of carbonyl (C=O) groups excluding carboxylic acids is 3. The summed E-state index contributed by atoms with van der Waals surface area (Å²) in [6.45, 7) is 0. The first-order valence-corrected chi connectivity index (χ1v) is 12.0. The Morgan fingerprint density at radius 2 is 1.51 bits per heavy atom. The molecule has 0 saturated heterocycles. The minimum Gasteiger partial charge on any atom is -0.481 e. The van der Waals surface area contributed by atoms with E-state index in [1.807, 2.05) is 0 Å². The average Bonchev–Trinajstić information content (AvgIpc) is 3.38. The predicted octanol–water partition coefficient (Wildman–Crippen LogP) is -1.14. The van der Waals surface area contributed by atoms with Crippen molar-refractivity contribution in [3.63, 3.8) is 0 Å². The van der Waals surface area contributed by atoms with Gasteiger partial charge in [0.2, 0.25) is 17.7 Å². The zero-order valence-electron chi connectivity index (χ0n) is 19.8. The van der Waals surface area contributed by atoms with E-state index >= 15 is 0 Å². The number of carbonyl (C=O) groups is 5. The molecule has 4 atom stereocenters. The minimum atomic E-state index is -1.28. The van der Waals surface area contributed by atoms with Gasteiger partial charge in [-0.1, -0.05) is 30.3 Å². The van der Waals surface area contributed by atoms with Crippen LogP contribution in [0.2, 0.25) is 0 Å². The van der Waals surface area contributed by atoms with Crippen molar-refractivity contribution in [3.05, 3.63) is 54.1 Å². The maximum absolute atomic E-state index is 13.3. The lowest BCUT2D eigenvalue weighted by molar-refractivity contribution is -0.141. The van der Waals surface area contributed by atoms with Crippen LogP contribution in [0.4, 0.5) is 0 Å². The smallest absolute Gasteiger partial charge is 0.327 e. The van der Waals surface area contributed by atoms with Gasteiger partial charge in [-0.25, -0.2) is 9.78 Å². The van der Waals surface area contributed by atoms with Crippen LogP contribution in [0, 0.1) is 0 Å². The summed E-state index contributed by atoms with van der Waals surface area (Å²) in [6.07, 6.45) is 2.38. The third-order valence-corrected chi connectivity index (χ3v) is 5.70. The maximum Gasteiger partial charge on any atom is 0.327 e. The average molecular weight is 535 g/mol. The largest absolute Gasteiger partial charge is 0.481 e. The van der Waals surface area contributed by atoms with Crippen molar-refractivity contribution in [2.75, 3.05) is 5.75 Å². The number of nitrogens with two attached hydrogens (primary N) is 1. The Hall–Kier alpha value is -3.91.